The predicted molar refractivity (Wildman–Crippen MR) is 112 cm³/mol. The van der Waals surface area contributed by atoms with Crippen LogP contribution in [0.2, 0.25) is 0 Å². The zero-order valence-electron chi connectivity index (χ0n) is 16.6. The van der Waals surface area contributed by atoms with Gasteiger partial charge in [-0.1, -0.05) is 0 Å². The van der Waals surface area contributed by atoms with Crippen LogP contribution in [0.4, 0.5) is 0 Å². The lowest BCUT2D eigenvalue weighted by molar-refractivity contribution is 0.0499. The maximum atomic E-state index is 11.6. The van der Waals surface area contributed by atoms with E-state index < -0.39 is 9.84 Å². The molecule has 1 saturated heterocycles. The van der Waals surface area contributed by atoms with Crippen LogP contribution in [0.1, 0.15) is 18.5 Å². The minimum absolute atomic E-state index is 0.232. The second kappa shape index (κ2) is 8.38. The van der Waals surface area contributed by atoms with Gasteiger partial charge in [0.1, 0.15) is 29.0 Å². The average Bonchev–Trinajstić information content (AvgIpc) is 3.16. The molecule has 0 spiro atoms. The van der Waals surface area contributed by atoms with Gasteiger partial charge in [-0.15, -0.1) is 0 Å². The molecule has 7 nitrogen and oxygen atoms in total. The molecule has 2 heterocycles. The lowest BCUT2D eigenvalue weighted by atomic mass is 10.0. The van der Waals surface area contributed by atoms with E-state index in [9.17, 15) is 13.7 Å². The highest BCUT2D eigenvalue weighted by molar-refractivity contribution is 7.90. The molecule has 3 aromatic rings. The van der Waals surface area contributed by atoms with Crippen LogP contribution in [0, 0.1) is 17.2 Å². The lowest BCUT2D eigenvalue weighted by Gasteiger charge is -2.22. The van der Waals surface area contributed by atoms with Crippen molar-refractivity contribution in [2.45, 2.75) is 17.7 Å². The Kier molecular flexibility index (Phi) is 5.66. The van der Waals surface area contributed by atoms with Crippen LogP contribution in [-0.2, 0) is 14.6 Å². The first-order valence-electron chi connectivity index (χ1n) is 9.68. The number of aromatic nitrogens is 1. The Hall–Kier alpha value is -3.02. The number of nitriles is 1. The molecule has 30 heavy (non-hydrogen) atoms. The quantitative estimate of drug-likeness (QED) is 0.638. The van der Waals surface area contributed by atoms with E-state index in [4.69, 9.17) is 14.2 Å². The van der Waals surface area contributed by atoms with Crippen molar-refractivity contribution in [1.82, 2.24) is 4.98 Å². The SMILES string of the molecule is CS(=O)(=O)c1ccc(Oc2cc(OCC3CCOCC3)c3[nH]c(C#N)cc3c2)cc1. The van der Waals surface area contributed by atoms with Gasteiger partial charge in [0.25, 0.3) is 0 Å². The molecule has 1 fully saturated rings. The number of H-pyrrole nitrogens is 1. The molecule has 0 atom stereocenters. The van der Waals surface area contributed by atoms with Crippen LogP contribution in [0.5, 0.6) is 17.2 Å². The fourth-order valence-corrected chi connectivity index (χ4v) is 4.06. The van der Waals surface area contributed by atoms with E-state index in [1.54, 1.807) is 24.3 Å². The van der Waals surface area contributed by atoms with Crippen molar-refractivity contribution < 1.29 is 22.6 Å². The molecule has 0 saturated carbocycles. The minimum atomic E-state index is -3.27. The van der Waals surface area contributed by atoms with Crippen LogP contribution in [0.25, 0.3) is 10.9 Å². The van der Waals surface area contributed by atoms with E-state index in [2.05, 4.69) is 11.1 Å². The fraction of sp³-hybridized carbons (Fsp3) is 0.318. The van der Waals surface area contributed by atoms with Crippen LogP contribution in [0.3, 0.4) is 0 Å². The molecule has 8 heteroatoms. The Morgan fingerprint density at radius 2 is 1.87 bits per heavy atom. The van der Waals surface area contributed by atoms with Crippen LogP contribution < -0.4 is 9.47 Å². The molecule has 1 N–H and O–H groups in total. The predicted octanol–water partition coefficient (Wildman–Crippen LogP) is 4.04. The second-order valence-corrected chi connectivity index (χ2v) is 9.41. The van der Waals surface area contributed by atoms with Crippen molar-refractivity contribution in [2.24, 2.45) is 5.92 Å². The third kappa shape index (κ3) is 4.58. The van der Waals surface area contributed by atoms with Gasteiger partial charge < -0.3 is 19.2 Å². The number of nitrogens with one attached hydrogen (secondary N) is 1. The van der Waals surface area contributed by atoms with Gasteiger partial charge in [-0.3, -0.25) is 0 Å². The van der Waals surface area contributed by atoms with Crippen molar-refractivity contribution in [2.75, 3.05) is 26.1 Å². The molecule has 0 radical (unpaired) electrons. The Morgan fingerprint density at radius 3 is 2.53 bits per heavy atom. The van der Waals surface area contributed by atoms with Gasteiger partial charge in [-0.2, -0.15) is 5.26 Å². The van der Waals surface area contributed by atoms with E-state index >= 15 is 0 Å². The number of aromatic amines is 1. The van der Waals surface area contributed by atoms with Crippen LogP contribution in [-0.4, -0.2) is 39.5 Å². The minimum Gasteiger partial charge on any atom is -0.491 e. The smallest absolute Gasteiger partial charge is 0.175 e. The molecule has 156 valence electrons. The van der Waals surface area contributed by atoms with Crippen molar-refractivity contribution >= 4 is 20.7 Å². The number of hydrogen-bond donors (Lipinski definition) is 1. The monoisotopic (exact) mass is 426 g/mol. The number of benzene rings is 2. The average molecular weight is 426 g/mol. The van der Waals surface area contributed by atoms with E-state index in [1.165, 1.54) is 12.1 Å². The van der Waals surface area contributed by atoms with Crippen molar-refractivity contribution in [1.29, 1.82) is 5.26 Å². The normalized spacial score (nSPS) is 15.1. The maximum Gasteiger partial charge on any atom is 0.175 e. The fourth-order valence-electron chi connectivity index (χ4n) is 3.43. The summed E-state index contributed by atoms with van der Waals surface area (Å²) in [6.07, 6.45) is 3.08. The number of nitrogens with zero attached hydrogens (tertiary/aromatic N) is 1. The van der Waals surface area contributed by atoms with Gasteiger partial charge in [-0.05, 0) is 55.2 Å². The Labute approximate surface area is 175 Å². The summed E-state index contributed by atoms with van der Waals surface area (Å²) < 4.78 is 40.7. The highest BCUT2D eigenvalue weighted by atomic mass is 32.2. The van der Waals surface area contributed by atoms with Gasteiger partial charge in [0.2, 0.25) is 0 Å². The highest BCUT2D eigenvalue weighted by Crippen LogP contribution is 2.34. The summed E-state index contributed by atoms with van der Waals surface area (Å²) in [6, 6.07) is 13.7. The molecule has 1 aliphatic heterocycles. The summed E-state index contributed by atoms with van der Waals surface area (Å²) in [5, 5.41) is 10.0. The van der Waals surface area contributed by atoms with Gasteiger partial charge in [-0.25, -0.2) is 8.42 Å². The van der Waals surface area contributed by atoms with E-state index in [0.29, 0.717) is 35.5 Å². The summed E-state index contributed by atoms with van der Waals surface area (Å²) in [6.45, 7) is 2.06. The molecule has 0 amide bonds. The summed E-state index contributed by atoms with van der Waals surface area (Å²) in [4.78, 5) is 3.32. The molecular formula is C22H22N2O5S. The summed E-state index contributed by atoms with van der Waals surface area (Å²) >= 11 is 0. The van der Waals surface area contributed by atoms with Gasteiger partial charge in [0.15, 0.2) is 9.84 Å². The van der Waals surface area contributed by atoms with E-state index in [-0.39, 0.29) is 4.90 Å². The zero-order chi connectivity index (χ0) is 21.1. The topological polar surface area (TPSA) is 101 Å². The third-order valence-electron chi connectivity index (χ3n) is 5.09. The molecule has 1 aliphatic rings. The highest BCUT2D eigenvalue weighted by Gasteiger charge is 2.17. The second-order valence-electron chi connectivity index (χ2n) is 7.39. The van der Waals surface area contributed by atoms with Crippen LogP contribution in [0.15, 0.2) is 47.4 Å². The Morgan fingerprint density at radius 1 is 1.13 bits per heavy atom. The van der Waals surface area contributed by atoms with Crippen molar-refractivity contribution in [3.05, 3.63) is 48.2 Å². The third-order valence-corrected chi connectivity index (χ3v) is 6.22. The number of ether oxygens (including phenoxy) is 3. The first kappa shape index (κ1) is 20.3. The first-order chi connectivity index (χ1) is 14.4. The van der Waals surface area contributed by atoms with Crippen molar-refractivity contribution in [3.63, 3.8) is 0 Å². The van der Waals surface area contributed by atoms with Gasteiger partial charge in [0, 0.05) is 30.9 Å². The Balaban J connectivity index is 1.60. The summed E-state index contributed by atoms with van der Waals surface area (Å²) in [7, 11) is -3.27. The van der Waals surface area contributed by atoms with Crippen LogP contribution >= 0.6 is 0 Å². The number of fused-ring (bicyclic) bond motifs is 1. The van der Waals surface area contributed by atoms with Gasteiger partial charge in [0.05, 0.1) is 17.0 Å². The lowest BCUT2D eigenvalue weighted by Crippen LogP contribution is -2.21. The summed E-state index contributed by atoms with van der Waals surface area (Å²) in [5.74, 6) is 2.09. The van der Waals surface area contributed by atoms with E-state index in [0.717, 1.165) is 43.2 Å². The number of rotatable bonds is 6. The maximum absolute atomic E-state index is 11.6. The van der Waals surface area contributed by atoms with Crippen molar-refractivity contribution in [3.8, 4) is 23.3 Å². The molecule has 0 aliphatic carbocycles. The van der Waals surface area contributed by atoms with E-state index in [1.807, 2.05) is 6.07 Å². The Bertz CT molecular complexity index is 1190. The molecular weight excluding hydrogens is 404 g/mol. The number of hydrogen-bond acceptors (Lipinski definition) is 6. The molecule has 4 rings (SSSR count). The molecule has 2 aromatic carbocycles. The largest absolute Gasteiger partial charge is 0.491 e. The number of sulfone groups is 1. The van der Waals surface area contributed by atoms with Gasteiger partial charge >= 0.3 is 0 Å². The molecule has 1 aromatic heterocycles. The summed E-state index contributed by atoms with van der Waals surface area (Å²) in [5.41, 5.74) is 1.19. The standard InChI is InChI=1S/C22H22N2O5S/c1-30(25,26)20-4-2-18(3-5-20)29-19-11-16-10-17(13-23)24-22(16)21(12-19)28-14-15-6-8-27-9-7-15/h2-5,10-12,15,24H,6-9,14H2,1H3. The zero-order valence-corrected chi connectivity index (χ0v) is 17.4. The molecule has 0 bridgehead atoms. The molecule has 0 unspecified atom stereocenters. The first-order valence-corrected chi connectivity index (χ1v) is 11.6.